The second-order valence-electron chi connectivity index (χ2n) is 4.28. The van der Waals surface area contributed by atoms with Crippen LogP contribution in [0.2, 0.25) is 0 Å². The quantitative estimate of drug-likeness (QED) is 0.681. The first-order chi connectivity index (χ1) is 9.42. The van der Waals surface area contributed by atoms with Gasteiger partial charge in [-0.2, -0.15) is 0 Å². The molecule has 1 aromatic heterocycles. The van der Waals surface area contributed by atoms with Gasteiger partial charge in [-0.3, -0.25) is 0 Å². The predicted molar refractivity (Wildman–Crippen MR) is 73.8 cm³/mol. The van der Waals surface area contributed by atoms with Crippen LogP contribution in [0.25, 0.3) is 21.3 Å². The molecule has 1 aliphatic heterocycles. The summed E-state index contributed by atoms with van der Waals surface area (Å²) in [5.41, 5.74) is 3.08. The predicted octanol–water partition coefficient (Wildman–Crippen LogP) is 3.13. The molecule has 0 saturated carbocycles. The van der Waals surface area contributed by atoms with Gasteiger partial charge >= 0.3 is 0 Å². The lowest BCUT2D eigenvalue weighted by atomic mass is 10.0. The lowest BCUT2D eigenvalue weighted by Crippen LogP contribution is -2.15. The number of ether oxygens (including phenoxy) is 2. The highest BCUT2D eigenvalue weighted by Gasteiger charge is 2.14. The SMILES string of the molecule is c1cc(-c2ccc3c(c2)OCCO3)c2nnsc2c1. The minimum atomic E-state index is 0.596. The van der Waals surface area contributed by atoms with Gasteiger partial charge in [-0.1, -0.05) is 22.7 Å². The molecule has 4 nitrogen and oxygen atoms in total. The molecule has 5 heteroatoms. The molecule has 0 atom stereocenters. The molecule has 0 unspecified atom stereocenters. The Kier molecular flexibility index (Phi) is 2.38. The summed E-state index contributed by atoms with van der Waals surface area (Å²) in [6.07, 6.45) is 0. The van der Waals surface area contributed by atoms with Crippen molar-refractivity contribution in [3.8, 4) is 22.6 Å². The smallest absolute Gasteiger partial charge is 0.161 e. The Morgan fingerprint density at radius 3 is 2.84 bits per heavy atom. The molecule has 0 saturated heterocycles. The van der Waals surface area contributed by atoms with Crippen LogP contribution in [-0.2, 0) is 0 Å². The fourth-order valence-corrected chi connectivity index (χ4v) is 2.84. The van der Waals surface area contributed by atoms with Crippen molar-refractivity contribution in [2.75, 3.05) is 13.2 Å². The third-order valence-corrected chi connectivity index (χ3v) is 3.82. The van der Waals surface area contributed by atoms with Crippen LogP contribution in [0, 0.1) is 0 Å². The van der Waals surface area contributed by atoms with Gasteiger partial charge in [0.1, 0.15) is 18.7 Å². The molecular weight excluding hydrogens is 260 g/mol. The number of hydrogen-bond donors (Lipinski definition) is 0. The van der Waals surface area contributed by atoms with E-state index in [1.54, 1.807) is 0 Å². The number of benzene rings is 2. The maximum Gasteiger partial charge on any atom is 0.161 e. The molecule has 2 heterocycles. The topological polar surface area (TPSA) is 44.2 Å². The summed E-state index contributed by atoms with van der Waals surface area (Å²) in [4.78, 5) is 0. The number of hydrogen-bond acceptors (Lipinski definition) is 5. The first kappa shape index (κ1) is 10.8. The van der Waals surface area contributed by atoms with Crippen molar-refractivity contribution in [2.24, 2.45) is 0 Å². The standard InChI is InChI=1S/C14H10N2O2S/c1-2-10(14-13(3-1)19-16-15-14)9-4-5-11-12(8-9)18-7-6-17-11/h1-5,8H,6-7H2. The van der Waals surface area contributed by atoms with E-state index in [0.29, 0.717) is 13.2 Å². The molecule has 0 amide bonds. The molecule has 3 aromatic rings. The summed E-state index contributed by atoms with van der Waals surface area (Å²) in [5, 5.41) is 4.20. The van der Waals surface area contributed by atoms with Crippen LogP contribution in [0.4, 0.5) is 0 Å². The molecular formula is C14H10N2O2S. The molecule has 0 N–H and O–H groups in total. The summed E-state index contributed by atoms with van der Waals surface area (Å²) in [5.74, 6) is 1.60. The molecule has 1 aliphatic rings. The van der Waals surface area contributed by atoms with Crippen LogP contribution in [0.1, 0.15) is 0 Å². The summed E-state index contributed by atoms with van der Waals surface area (Å²) in [6.45, 7) is 1.21. The van der Waals surface area contributed by atoms with Crippen molar-refractivity contribution >= 4 is 21.7 Å². The van der Waals surface area contributed by atoms with Gasteiger partial charge in [-0.25, -0.2) is 0 Å². The van der Waals surface area contributed by atoms with Crippen molar-refractivity contribution in [3.05, 3.63) is 36.4 Å². The van der Waals surface area contributed by atoms with Crippen molar-refractivity contribution < 1.29 is 9.47 Å². The van der Waals surface area contributed by atoms with Crippen molar-refractivity contribution in [1.82, 2.24) is 9.59 Å². The number of aromatic nitrogens is 2. The number of fused-ring (bicyclic) bond motifs is 2. The summed E-state index contributed by atoms with van der Waals surface area (Å²) >= 11 is 1.41. The van der Waals surface area contributed by atoms with Crippen LogP contribution >= 0.6 is 11.5 Å². The Morgan fingerprint density at radius 2 is 1.89 bits per heavy atom. The van der Waals surface area contributed by atoms with Gasteiger partial charge in [0.05, 0.1) is 4.70 Å². The van der Waals surface area contributed by atoms with E-state index in [0.717, 1.165) is 32.8 Å². The third kappa shape index (κ3) is 1.74. The molecule has 0 fully saturated rings. The van der Waals surface area contributed by atoms with Crippen LogP contribution in [0.15, 0.2) is 36.4 Å². The van der Waals surface area contributed by atoms with E-state index >= 15 is 0 Å². The minimum absolute atomic E-state index is 0.596. The van der Waals surface area contributed by atoms with Crippen molar-refractivity contribution in [3.63, 3.8) is 0 Å². The maximum atomic E-state index is 5.62. The Hall–Kier alpha value is -2.14. The first-order valence-corrected chi connectivity index (χ1v) is 6.80. The average Bonchev–Trinajstić information content (AvgIpc) is 2.95. The maximum absolute atomic E-state index is 5.62. The lowest BCUT2D eigenvalue weighted by molar-refractivity contribution is 0.171. The molecule has 19 heavy (non-hydrogen) atoms. The highest BCUT2D eigenvalue weighted by Crippen LogP contribution is 2.36. The first-order valence-electron chi connectivity index (χ1n) is 6.03. The van der Waals surface area contributed by atoms with E-state index in [1.807, 2.05) is 30.3 Å². The van der Waals surface area contributed by atoms with Gasteiger partial charge in [0.2, 0.25) is 0 Å². The fraction of sp³-hybridized carbons (Fsp3) is 0.143. The Balaban J connectivity index is 1.90. The Labute approximate surface area is 113 Å². The van der Waals surface area contributed by atoms with E-state index in [2.05, 4.69) is 15.7 Å². The number of nitrogens with zero attached hydrogens (tertiary/aromatic N) is 2. The molecule has 2 aromatic carbocycles. The van der Waals surface area contributed by atoms with Gasteiger partial charge in [0, 0.05) is 5.56 Å². The molecule has 0 bridgehead atoms. The highest BCUT2D eigenvalue weighted by molar-refractivity contribution is 7.13. The Bertz CT molecular complexity index is 754. The largest absolute Gasteiger partial charge is 0.486 e. The molecule has 4 rings (SSSR count). The van der Waals surface area contributed by atoms with Crippen LogP contribution in [-0.4, -0.2) is 22.8 Å². The van der Waals surface area contributed by atoms with E-state index in [4.69, 9.17) is 9.47 Å². The molecule has 0 radical (unpaired) electrons. The van der Waals surface area contributed by atoms with Gasteiger partial charge in [0.15, 0.2) is 11.5 Å². The second kappa shape index (κ2) is 4.20. The monoisotopic (exact) mass is 270 g/mol. The zero-order valence-corrected chi connectivity index (χ0v) is 10.8. The zero-order chi connectivity index (χ0) is 12.7. The molecule has 0 spiro atoms. The Morgan fingerprint density at radius 1 is 1.00 bits per heavy atom. The molecule has 94 valence electrons. The van der Waals surface area contributed by atoms with Crippen LogP contribution in [0.5, 0.6) is 11.5 Å². The van der Waals surface area contributed by atoms with Gasteiger partial charge < -0.3 is 9.47 Å². The second-order valence-corrected chi connectivity index (χ2v) is 5.07. The number of rotatable bonds is 1. The fourth-order valence-electron chi connectivity index (χ4n) is 2.25. The van der Waals surface area contributed by atoms with E-state index in [1.165, 1.54) is 11.5 Å². The van der Waals surface area contributed by atoms with Crippen LogP contribution in [0.3, 0.4) is 0 Å². The van der Waals surface area contributed by atoms with Gasteiger partial charge in [-0.15, -0.1) is 5.10 Å². The van der Waals surface area contributed by atoms with E-state index in [9.17, 15) is 0 Å². The van der Waals surface area contributed by atoms with E-state index in [-0.39, 0.29) is 0 Å². The zero-order valence-electron chi connectivity index (χ0n) is 10.00. The highest BCUT2D eigenvalue weighted by atomic mass is 32.1. The minimum Gasteiger partial charge on any atom is -0.486 e. The summed E-state index contributed by atoms with van der Waals surface area (Å²) < 4.78 is 16.3. The van der Waals surface area contributed by atoms with Gasteiger partial charge in [0.25, 0.3) is 0 Å². The lowest BCUT2D eigenvalue weighted by Gasteiger charge is -2.18. The summed E-state index contributed by atoms with van der Waals surface area (Å²) in [7, 11) is 0. The van der Waals surface area contributed by atoms with Crippen molar-refractivity contribution in [1.29, 1.82) is 0 Å². The average molecular weight is 270 g/mol. The summed E-state index contributed by atoms with van der Waals surface area (Å²) in [6, 6.07) is 12.1. The van der Waals surface area contributed by atoms with E-state index < -0.39 is 0 Å². The van der Waals surface area contributed by atoms with Gasteiger partial charge in [-0.05, 0) is 35.3 Å². The normalized spacial score (nSPS) is 13.7. The third-order valence-electron chi connectivity index (χ3n) is 3.13. The molecule has 0 aliphatic carbocycles. The van der Waals surface area contributed by atoms with Crippen LogP contribution < -0.4 is 9.47 Å². The van der Waals surface area contributed by atoms with Crippen molar-refractivity contribution in [2.45, 2.75) is 0 Å².